The molecule has 1 N–H and O–H groups in total. The van der Waals surface area contributed by atoms with Gasteiger partial charge in [0.2, 0.25) is 5.91 Å². The van der Waals surface area contributed by atoms with Crippen molar-refractivity contribution in [2.24, 2.45) is 5.92 Å². The van der Waals surface area contributed by atoms with Gasteiger partial charge in [0.15, 0.2) is 5.78 Å². The van der Waals surface area contributed by atoms with Gasteiger partial charge >= 0.3 is 0 Å². The fraction of sp³-hybridized carbons (Fsp3) is 0.263. The van der Waals surface area contributed by atoms with Crippen molar-refractivity contribution in [1.29, 1.82) is 0 Å². The number of carbonyl (C=O) groups is 2. The maximum absolute atomic E-state index is 12.7. The van der Waals surface area contributed by atoms with Gasteiger partial charge in [0.05, 0.1) is 0 Å². The van der Waals surface area contributed by atoms with E-state index in [1.165, 1.54) is 6.92 Å². The normalized spacial score (nSPS) is 13.2. The monoisotopic (exact) mass is 295 g/mol. The van der Waals surface area contributed by atoms with Crippen LogP contribution in [0, 0.1) is 5.92 Å². The van der Waals surface area contributed by atoms with Crippen LogP contribution in [0.1, 0.15) is 35.7 Å². The molecule has 0 aliphatic heterocycles. The molecule has 0 aromatic heterocycles. The summed E-state index contributed by atoms with van der Waals surface area (Å²) in [7, 11) is 0. The second kappa shape index (κ2) is 7.55. The van der Waals surface area contributed by atoms with Crippen molar-refractivity contribution in [2.45, 2.75) is 19.8 Å². The third-order valence-corrected chi connectivity index (χ3v) is 3.87. The van der Waals surface area contributed by atoms with Gasteiger partial charge in [0, 0.05) is 30.9 Å². The van der Waals surface area contributed by atoms with Gasteiger partial charge in [-0.1, -0.05) is 67.6 Å². The first-order valence-electron chi connectivity index (χ1n) is 7.48. The van der Waals surface area contributed by atoms with Gasteiger partial charge in [0.1, 0.15) is 0 Å². The van der Waals surface area contributed by atoms with Crippen LogP contribution in [0.25, 0.3) is 0 Å². The standard InChI is InChI=1S/C19H21NO2/c1-14(19(22)17-11-7-4-8-12-17)18(13-20-15(2)21)16-9-5-3-6-10-16/h3-12,14,18H,13H2,1-2H3,(H,20,21). The predicted octanol–water partition coefficient (Wildman–Crippen LogP) is 3.43. The summed E-state index contributed by atoms with van der Waals surface area (Å²) in [4.78, 5) is 23.9. The summed E-state index contributed by atoms with van der Waals surface area (Å²) in [6.45, 7) is 3.87. The van der Waals surface area contributed by atoms with Crippen LogP contribution in [0.5, 0.6) is 0 Å². The molecule has 0 fully saturated rings. The van der Waals surface area contributed by atoms with Gasteiger partial charge in [-0.05, 0) is 5.56 Å². The molecule has 1 amide bonds. The number of hydrogen-bond donors (Lipinski definition) is 1. The molecule has 2 aromatic carbocycles. The van der Waals surface area contributed by atoms with E-state index in [-0.39, 0.29) is 23.5 Å². The molecule has 0 aliphatic rings. The van der Waals surface area contributed by atoms with Crippen molar-refractivity contribution < 1.29 is 9.59 Å². The summed E-state index contributed by atoms with van der Waals surface area (Å²) < 4.78 is 0. The highest BCUT2D eigenvalue weighted by molar-refractivity contribution is 5.98. The lowest BCUT2D eigenvalue weighted by molar-refractivity contribution is -0.119. The smallest absolute Gasteiger partial charge is 0.216 e. The fourth-order valence-electron chi connectivity index (χ4n) is 2.59. The molecule has 0 aliphatic carbocycles. The van der Waals surface area contributed by atoms with Crippen molar-refractivity contribution in [2.75, 3.05) is 6.54 Å². The largest absolute Gasteiger partial charge is 0.356 e. The minimum absolute atomic E-state index is 0.0437. The first-order chi connectivity index (χ1) is 10.6. The molecule has 114 valence electrons. The number of nitrogens with one attached hydrogen (secondary N) is 1. The molecule has 2 unspecified atom stereocenters. The minimum atomic E-state index is -0.211. The average Bonchev–Trinajstić information content (AvgIpc) is 2.55. The summed E-state index contributed by atoms with van der Waals surface area (Å²) >= 11 is 0. The SMILES string of the molecule is CC(=O)NCC(c1ccccc1)C(C)C(=O)c1ccccc1. The zero-order chi connectivity index (χ0) is 15.9. The predicted molar refractivity (Wildman–Crippen MR) is 87.8 cm³/mol. The maximum atomic E-state index is 12.7. The number of benzene rings is 2. The Hall–Kier alpha value is -2.42. The Balaban J connectivity index is 2.24. The van der Waals surface area contributed by atoms with E-state index in [1.807, 2.05) is 67.6 Å². The Kier molecular flexibility index (Phi) is 5.48. The molecule has 0 heterocycles. The molecule has 2 aromatic rings. The molecule has 0 saturated carbocycles. The van der Waals surface area contributed by atoms with E-state index >= 15 is 0 Å². The van der Waals surface area contributed by atoms with Crippen LogP contribution in [0.3, 0.4) is 0 Å². The number of carbonyl (C=O) groups excluding carboxylic acids is 2. The highest BCUT2D eigenvalue weighted by Gasteiger charge is 2.26. The van der Waals surface area contributed by atoms with Gasteiger partial charge in [-0.25, -0.2) is 0 Å². The fourth-order valence-corrected chi connectivity index (χ4v) is 2.59. The van der Waals surface area contributed by atoms with Crippen molar-refractivity contribution in [3.8, 4) is 0 Å². The van der Waals surface area contributed by atoms with Crippen molar-refractivity contribution in [1.82, 2.24) is 5.32 Å². The quantitative estimate of drug-likeness (QED) is 0.830. The van der Waals surface area contributed by atoms with Gasteiger partial charge in [-0.3, -0.25) is 9.59 Å². The van der Waals surface area contributed by atoms with Crippen molar-refractivity contribution in [3.05, 3.63) is 71.8 Å². The summed E-state index contributed by atoms with van der Waals surface area (Å²) in [5.41, 5.74) is 1.77. The van der Waals surface area contributed by atoms with E-state index < -0.39 is 0 Å². The Morgan fingerprint density at radius 3 is 2.05 bits per heavy atom. The molecular formula is C19H21NO2. The van der Waals surface area contributed by atoms with E-state index in [2.05, 4.69) is 5.32 Å². The van der Waals surface area contributed by atoms with Gasteiger partial charge in [0.25, 0.3) is 0 Å². The highest BCUT2D eigenvalue weighted by Crippen LogP contribution is 2.27. The third kappa shape index (κ3) is 4.04. The lowest BCUT2D eigenvalue weighted by Crippen LogP contribution is -2.32. The van der Waals surface area contributed by atoms with E-state index in [1.54, 1.807) is 0 Å². The number of hydrogen-bond acceptors (Lipinski definition) is 2. The van der Waals surface area contributed by atoms with E-state index in [4.69, 9.17) is 0 Å². The van der Waals surface area contributed by atoms with Crippen molar-refractivity contribution >= 4 is 11.7 Å². The number of rotatable bonds is 6. The number of ketones is 1. The molecule has 22 heavy (non-hydrogen) atoms. The van der Waals surface area contributed by atoms with E-state index in [0.717, 1.165) is 5.56 Å². The zero-order valence-electron chi connectivity index (χ0n) is 13.0. The molecule has 2 atom stereocenters. The molecular weight excluding hydrogens is 274 g/mol. The molecule has 3 heteroatoms. The first kappa shape index (κ1) is 16.0. The van der Waals surface area contributed by atoms with Gasteiger partial charge < -0.3 is 5.32 Å². The molecule has 0 bridgehead atoms. The summed E-state index contributed by atoms with van der Waals surface area (Å²) in [5.74, 6) is -0.241. The van der Waals surface area contributed by atoms with Gasteiger partial charge in [-0.15, -0.1) is 0 Å². The lowest BCUT2D eigenvalue weighted by Gasteiger charge is -2.24. The van der Waals surface area contributed by atoms with Crippen LogP contribution in [0.2, 0.25) is 0 Å². The molecule has 2 rings (SSSR count). The Morgan fingerprint density at radius 2 is 1.50 bits per heavy atom. The second-order valence-electron chi connectivity index (χ2n) is 5.47. The number of amides is 1. The van der Waals surface area contributed by atoms with Crippen molar-refractivity contribution in [3.63, 3.8) is 0 Å². The Labute approximate surface area is 131 Å². The topological polar surface area (TPSA) is 46.2 Å². The van der Waals surface area contributed by atoms with E-state index in [0.29, 0.717) is 12.1 Å². The summed E-state index contributed by atoms with van der Waals surface area (Å²) in [5, 5.41) is 2.84. The van der Waals surface area contributed by atoms with Crippen LogP contribution in [0.15, 0.2) is 60.7 Å². The van der Waals surface area contributed by atoms with Crippen LogP contribution >= 0.6 is 0 Å². The van der Waals surface area contributed by atoms with Crippen LogP contribution < -0.4 is 5.32 Å². The Morgan fingerprint density at radius 1 is 0.955 bits per heavy atom. The average molecular weight is 295 g/mol. The lowest BCUT2D eigenvalue weighted by atomic mass is 9.82. The highest BCUT2D eigenvalue weighted by atomic mass is 16.1. The first-order valence-corrected chi connectivity index (χ1v) is 7.48. The Bertz CT molecular complexity index is 622. The molecule has 0 radical (unpaired) electrons. The van der Waals surface area contributed by atoms with Gasteiger partial charge in [-0.2, -0.15) is 0 Å². The van der Waals surface area contributed by atoms with Crippen LogP contribution in [0.4, 0.5) is 0 Å². The zero-order valence-corrected chi connectivity index (χ0v) is 13.0. The van der Waals surface area contributed by atoms with Crippen LogP contribution in [-0.2, 0) is 4.79 Å². The number of Topliss-reactive ketones (excluding diaryl/α,β-unsaturated/α-hetero) is 1. The maximum Gasteiger partial charge on any atom is 0.216 e. The summed E-state index contributed by atoms with van der Waals surface area (Å²) in [6, 6.07) is 19.2. The third-order valence-electron chi connectivity index (χ3n) is 3.87. The second-order valence-corrected chi connectivity index (χ2v) is 5.47. The van der Waals surface area contributed by atoms with Crippen LogP contribution in [-0.4, -0.2) is 18.2 Å². The summed E-state index contributed by atoms with van der Waals surface area (Å²) in [6.07, 6.45) is 0. The minimum Gasteiger partial charge on any atom is -0.356 e. The molecule has 0 spiro atoms. The molecule has 3 nitrogen and oxygen atoms in total. The van der Waals surface area contributed by atoms with E-state index in [9.17, 15) is 9.59 Å². The molecule has 0 saturated heterocycles.